The molecule has 4 rings (SSSR count). The molecule has 7 atom stereocenters. The monoisotopic (exact) mass is 304 g/mol. The Morgan fingerprint density at radius 2 is 1.86 bits per heavy atom. The van der Waals surface area contributed by atoms with E-state index in [-0.39, 0.29) is 22.7 Å². The third kappa shape index (κ3) is 1.78. The van der Waals surface area contributed by atoms with E-state index in [0.717, 1.165) is 44.1 Å². The van der Waals surface area contributed by atoms with Crippen LogP contribution in [0.25, 0.3) is 0 Å². The molecule has 0 spiro atoms. The number of hydrogen-bond acceptors (Lipinski definition) is 3. The van der Waals surface area contributed by atoms with Gasteiger partial charge in [-0.1, -0.05) is 13.8 Å². The van der Waals surface area contributed by atoms with Gasteiger partial charge in [0.25, 0.3) is 0 Å². The van der Waals surface area contributed by atoms with E-state index in [2.05, 4.69) is 13.8 Å². The zero-order valence-electron chi connectivity index (χ0n) is 13.7. The van der Waals surface area contributed by atoms with Gasteiger partial charge < -0.3 is 10.2 Å². The van der Waals surface area contributed by atoms with E-state index in [4.69, 9.17) is 0 Å². The minimum absolute atomic E-state index is 0.00881. The fraction of sp³-hybridized carbons (Fsp3) is 0.842. The van der Waals surface area contributed by atoms with Crippen molar-refractivity contribution in [2.75, 3.05) is 0 Å². The molecular formula is C19H28O3. The Morgan fingerprint density at radius 3 is 2.64 bits per heavy atom. The summed E-state index contributed by atoms with van der Waals surface area (Å²) in [6, 6.07) is 0. The van der Waals surface area contributed by atoms with Crippen LogP contribution in [0.5, 0.6) is 0 Å². The topological polar surface area (TPSA) is 57.5 Å². The minimum Gasteiger partial charge on any atom is -0.393 e. The zero-order chi connectivity index (χ0) is 15.7. The van der Waals surface area contributed by atoms with Gasteiger partial charge in [0, 0.05) is 6.42 Å². The van der Waals surface area contributed by atoms with Crippen LogP contribution in [-0.2, 0) is 4.79 Å². The first-order valence-electron chi connectivity index (χ1n) is 8.97. The highest BCUT2D eigenvalue weighted by atomic mass is 16.3. The van der Waals surface area contributed by atoms with E-state index in [1.54, 1.807) is 6.08 Å². The largest absolute Gasteiger partial charge is 0.393 e. The Kier molecular flexibility index (Phi) is 3.16. The lowest BCUT2D eigenvalue weighted by atomic mass is 9.47. The molecule has 0 aliphatic heterocycles. The number of carbonyl (C=O) groups excluding carboxylic acids is 1. The number of aliphatic hydroxyl groups is 2. The second-order valence-electron chi connectivity index (χ2n) is 8.75. The lowest BCUT2D eigenvalue weighted by Crippen LogP contribution is -2.54. The van der Waals surface area contributed by atoms with Crippen LogP contribution in [0.4, 0.5) is 0 Å². The van der Waals surface area contributed by atoms with Gasteiger partial charge >= 0.3 is 0 Å². The first kappa shape index (κ1) is 14.9. The third-order valence-electron chi connectivity index (χ3n) is 7.93. The van der Waals surface area contributed by atoms with Gasteiger partial charge in [-0.05, 0) is 78.8 Å². The molecule has 0 amide bonds. The number of fused-ring (bicyclic) bond motifs is 5. The quantitative estimate of drug-likeness (QED) is 0.723. The van der Waals surface area contributed by atoms with Crippen LogP contribution in [0.1, 0.15) is 58.8 Å². The minimum atomic E-state index is -0.462. The van der Waals surface area contributed by atoms with Crippen molar-refractivity contribution in [3.8, 4) is 0 Å². The summed E-state index contributed by atoms with van der Waals surface area (Å²) >= 11 is 0. The van der Waals surface area contributed by atoms with Gasteiger partial charge in [0.2, 0.25) is 0 Å². The van der Waals surface area contributed by atoms with Crippen molar-refractivity contribution in [1.82, 2.24) is 0 Å². The van der Waals surface area contributed by atoms with Crippen LogP contribution in [0.15, 0.2) is 11.6 Å². The number of hydrogen-bond donors (Lipinski definition) is 2. The van der Waals surface area contributed by atoms with Crippen molar-refractivity contribution >= 4 is 5.78 Å². The van der Waals surface area contributed by atoms with Crippen molar-refractivity contribution < 1.29 is 15.0 Å². The Bertz CT molecular complexity index is 539. The molecule has 0 aromatic heterocycles. The molecule has 122 valence electrons. The van der Waals surface area contributed by atoms with Gasteiger partial charge in [0.1, 0.15) is 0 Å². The molecule has 0 saturated heterocycles. The number of rotatable bonds is 0. The van der Waals surface area contributed by atoms with E-state index in [0.29, 0.717) is 24.2 Å². The lowest BCUT2D eigenvalue weighted by molar-refractivity contribution is -0.120. The molecule has 22 heavy (non-hydrogen) atoms. The SMILES string of the molecule is C[C@]12CC[C@H]3[C@@H](C[C@H](O)C4=CC(=O)CC[C@@]43C)[C@H]1CC[C@@H]2O. The molecule has 0 unspecified atom stereocenters. The van der Waals surface area contributed by atoms with E-state index in [9.17, 15) is 15.0 Å². The second-order valence-corrected chi connectivity index (χ2v) is 8.75. The molecule has 3 nitrogen and oxygen atoms in total. The van der Waals surface area contributed by atoms with E-state index < -0.39 is 6.10 Å². The van der Waals surface area contributed by atoms with E-state index in [1.165, 1.54) is 0 Å². The van der Waals surface area contributed by atoms with Crippen molar-refractivity contribution in [1.29, 1.82) is 0 Å². The van der Waals surface area contributed by atoms with Gasteiger partial charge in [0.05, 0.1) is 12.2 Å². The van der Waals surface area contributed by atoms with Crippen LogP contribution >= 0.6 is 0 Å². The van der Waals surface area contributed by atoms with Gasteiger partial charge in [-0.25, -0.2) is 0 Å². The average molecular weight is 304 g/mol. The van der Waals surface area contributed by atoms with Crippen LogP contribution in [0.2, 0.25) is 0 Å². The van der Waals surface area contributed by atoms with Crippen molar-refractivity contribution in [2.45, 2.75) is 71.0 Å². The molecule has 3 saturated carbocycles. The summed E-state index contributed by atoms with van der Waals surface area (Å²) in [5, 5.41) is 21.2. The fourth-order valence-electron chi connectivity index (χ4n) is 6.58. The van der Waals surface area contributed by atoms with Crippen molar-refractivity contribution in [3.05, 3.63) is 11.6 Å². The third-order valence-corrected chi connectivity index (χ3v) is 7.93. The van der Waals surface area contributed by atoms with Crippen molar-refractivity contribution in [3.63, 3.8) is 0 Å². The number of aliphatic hydroxyl groups excluding tert-OH is 2. The maximum Gasteiger partial charge on any atom is 0.155 e. The molecular weight excluding hydrogens is 276 g/mol. The highest BCUT2D eigenvalue weighted by Gasteiger charge is 2.60. The van der Waals surface area contributed by atoms with E-state index in [1.807, 2.05) is 0 Å². The first-order valence-corrected chi connectivity index (χ1v) is 8.97. The van der Waals surface area contributed by atoms with Gasteiger partial charge in [-0.2, -0.15) is 0 Å². The summed E-state index contributed by atoms with van der Waals surface area (Å²) < 4.78 is 0. The summed E-state index contributed by atoms with van der Waals surface area (Å²) in [6.45, 7) is 4.54. The van der Waals surface area contributed by atoms with Crippen LogP contribution < -0.4 is 0 Å². The molecule has 4 aliphatic rings. The second kappa shape index (κ2) is 4.67. The standard InChI is InChI=1S/C19H28O3/c1-18-7-5-11(20)9-15(18)16(21)10-12-13-3-4-17(22)19(13,2)8-6-14(12)18/h9,12-14,16-17,21-22H,3-8,10H2,1-2H3/t12-,13+,14-,16-,17-,18+,19-/m0/s1. The maximum atomic E-state index is 11.8. The summed E-state index contributed by atoms with van der Waals surface area (Å²) in [4.78, 5) is 11.8. The Labute approximate surface area is 132 Å². The van der Waals surface area contributed by atoms with Gasteiger partial charge in [-0.3, -0.25) is 4.79 Å². The summed E-state index contributed by atoms with van der Waals surface area (Å²) in [7, 11) is 0. The molecule has 0 heterocycles. The Hall–Kier alpha value is -0.670. The van der Waals surface area contributed by atoms with Crippen molar-refractivity contribution in [2.24, 2.45) is 28.6 Å². The predicted octanol–water partition coefficient (Wildman–Crippen LogP) is 2.85. The maximum absolute atomic E-state index is 11.8. The lowest BCUT2D eigenvalue weighted by Gasteiger charge is -2.58. The van der Waals surface area contributed by atoms with Crippen LogP contribution in [0.3, 0.4) is 0 Å². The number of carbonyl (C=O) groups is 1. The first-order chi connectivity index (χ1) is 10.4. The highest BCUT2D eigenvalue weighted by Crippen LogP contribution is 2.65. The summed E-state index contributed by atoms with van der Waals surface area (Å²) in [5.74, 6) is 1.79. The van der Waals surface area contributed by atoms with Gasteiger partial charge in [-0.15, -0.1) is 0 Å². The van der Waals surface area contributed by atoms with Crippen LogP contribution in [0, 0.1) is 28.6 Å². The molecule has 0 aromatic carbocycles. The normalized spacial score (nSPS) is 54.3. The molecule has 0 radical (unpaired) electrons. The molecule has 0 aromatic rings. The summed E-state index contributed by atoms with van der Waals surface area (Å²) in [5.41, 5.74) is 1.04. The average Bonchev–Trinajstić information content (AvgIpc) is 2.77. The van der Waals surface area contributed by atoms with Crippen LogP contribution in [-0.4, -0.2) is 28.2 Å². The van der Waals surface area contributed by atoms with E-state index >= 15 is 0 Å². The molecule has 0 bridgehead atoms. The summed E-state index contributed by atoms with van der Waals surface area (Å²) in [6.07, 6.45) is 7.65. The van der Waals surface area contributed by atoms with Gasteiger partial charge in [0.15, 0.2) is 5.78 Å². The predicted molar refractivity (Wildman–Crippen MR) is 84.1 cm³/mol. The molecule has 3 heteroatoms. The molecule has 2 N–H and O–H groups in total. The number of ketones is 1. The smallest absolute Gasteiger partial charge is 0.155 e. The Balaban J connectivity index is 1.73. The molecule has 3 fully saturated rings. The zero-order valence-corrected chi connectivity index (χ0v) is 13.7. The fourth-order valence-corrected chi connectivity index (χ4v) is 6.58. The highest BCUT2D eigenvalue weighted by molar-refractivity contribution is 5.91. The Morgan fingerprint density at radius 1 is 1.09 bits per heavy atom. The molecule has 4 aliphatic carbocycles.